The molecule has 0 spiro atoms. The second kappa shape index (κ2) is 6.70. The number of carbonyl (C=O) groups excluding carboxylic acids is 1. The third kappa shape index (κ3) is 3.62. The largest absolute Gasteiger partial charge is 0.462 e. The molecule has 0 aliphatic rings. The Bertz CT molecular complexity index is 819. The van der Waals surface area contributed by atoms with Crippen LogP contribution in [0, 0.1) is 5.82 Å². The zero-order valence-electron chi connectivity index (χ0n) is 11.9. The van der Waals surface area contributed by atoms with Crippen LogP contribution in [-0.4, -0.2) is 32.2 Å². The Hall–Kier alpha value is -2.54. The lowest BCUT2D eigenvalue weighted by molar-refractivity contribution is 0.0495. The second-order valence-corrected chi connectivity index (χ2v) is 5.19. The Morgan fingerprint density at radius 2 is 2.26 bits per heavy atom. The monoisotopic (exact) mass is 334 g/mol. The van der Waals surface area contributed by atoms with Crippen molar-refractivity contribution in [1.82, 2.24) is 19.6 Å². The Labute approximate surface area is 135 Å². The summed E-state index contributed by atoms with van der Waals surface area (Å²) in [5, 5.41) is 4.47. The zero-order chi connectivity index (χ0) is 16.2. The Kier molecular flexibility index (Phi) is 4.47. The van der Waals surface area contributed by atoms with Crippen LogP contribution < -0.4 is 0 Å². The molecule has 0 bridgehead atoms. The van der Waals surface area contributed by atoms with Gasteiger partial charge in [0, 0.05) is 23.8 Å². The minimum atomic E-state index is -0.719. The van der Waals surface area contributed by atoms with Crippen molar-refractivity contribution in [2.45, 2.75) is 12.8 Å². The fraction of sp³-hybridized carbons (Fsp3) is 0.200. The Balaban J connectivity index is 1.52. The van der Waals surface area contributed by atoms with Gasteiger partial charge in [-0.3, -0.25) is 0 Å². The minimum absolute atomic E-state index is 0.135. The number of rotatable bonds is 5. The number of hydrogen-bond acceptors (Lipinski definition) is 5. The van der Waals surface area contributed by atoms with Crippen LogP contribution in [0.2, 0.25) is 5.02 Å². The van der Waals surface area contributed by atoms with Crippen molar-refractivity contribution in [1.29, 1.82) is 0 Å². The average molecular weight is 335 g/mol. The summed E-state index contributed by atoms with van der Waals surface area (Å²) < 4.78 is 20.2. The number of hydrogen-bond donors (Lipinski definition) is 0. The highest BCUT2D eigenvalue weighted by Crippen LogP contribution is 2.15. The number of ether oxygens (including phenoxy) is 1. The zero-order valence-corrected chi connectivity index (χ0v) is 12.7. The minimum Gasteiger partial charge on any atom is -0.462 e. The first kappa shape index (κ1) is 15.4. The molecule has 0 aliphatic heterocycles. The summed E-state index contributed by atoms with van der Waals surface area (Å²) in [6.07, 6.45) is 4.44. The standard InChI is InChI=1S/C15H12ClFN4O2/c16-10-4-5-11(12(17)9-10)14(22)23-8-1-3-13-19-15-18-6-2-7-21(15)20-13/h2,4-7,9H,1,3,8H2. The van der Waals surface area contributed by atoms with Crippen molar-refractivity contribution >= 4 is 23.3 Å². The van der Waals surface area contributed by atoms with Crippen LogP contribution in [0.3, 0.4) is 0 Å². The summed E-state index contributed by atoms with van der Waals surface area (Å²) in [6.45, 7) is 0.143. The summed E-state index contributed by atoms with van der Waals surface area (Å²) in [5.74, 6) is -0.292. The maximum absolute atomic E-state index is 13.6. The molecule has 3 rings (SSSR count). The quantitative estimate of drug-likeness (QED) is 0.530. The fourth-order valence-electron chi connectivity index (χ4n) is 2.01. The van der Waals surface area contributed by atoms with Gasteiger partial charge < -0.3 is 4.74 Å². The molecule has 118 valence electrons. The van der Waals surface area contributed by atoms with Crippen LogP contribution in [-0.2, 0) is 11.2 Å². The van der Waals surface area contributed by atoms with Gasteiger partial charge in [-0.2, -0.15) is 4.98 Å². The summed E-state index contributed by atoms with van der Waals surface area (Å²) in [5.41, 5.74) is -0.135. The molecule has 0 saturated heterocycles. The first-order valence-corrected chi connectivity index (χ1v) is 7.30. The van der Waals surface area contributed by atoms with Crippen LogP contribution in [0.1, 0.15) is 22.6 Å². The van der Waals surface area contributed by atoms with E-state index in [4.69, 9.17) is 16.3 Å². The highest BCUT2D eigenvalue weighted by molar-refractivity contribution is 6.30. The molecular formula is C15H12ClFN4O2. The predicted octanol–water partition coefficient (Wildman–Crippen LogP) is 2.71. The van der Waals surface area contributed by atoms with E-state index in [0.717, 1.165) is 6.07 Å². The number of benzene rings is 1. The molecule has 0 N–H and O–H groups in total. The predicted molar refractivity (Wildman–Crippen MR) is 80.8 cm³/mol. The van der Waals surface area contributed by atoms with Gasteiger partial charge in [0.05, 0.1) is 12.2 Å². The molecule has 0 unspecified atom stereocenters. The molecule has 0 amide bonds. The lowest BCUT2D eigenvalue weighted by Crippen LogP contribution is -2.09. The molecular weight excluding hydrogens is 323 g/mol. The number of halogens is 2. The van der Waals surface area contributed by atoms with Gasteiger partial charge >= 0.3 is 5.97 Å². The number of aromatic nitrogens is 4. The van der Waals surface area contributed by atoms with E-state index in [2.05, 4.69) is 15.1 Å². The number of nitrogens with zero attached hydrogens (tertiary/aromatic N) is 4. The maximum atomic E-state index is 13.6. The van der Waals surface area contributed by atoms with Crippen molar-refractivity contribution in [3.8, 4) is 0 Å². The SMILES string of the molecule is O=C(OCCCc1nc2ncccn2n1)c1ccc(Cl)cc1F. The summed E-state index contributed by atoms with van der Waals surface area (Å²) >= 11 is 5.64. The van der Waals surface area contributed by atoms with Gasteiger partial charge in [-0.05, 0) is 30.7 Å². The van der Waals surface area contributed by atoms with Crippen molar-refractivity contribution in [3.05, 3.63) is 58.9 Å². The summed E-state index contributed by atoms with van der Waals surface area (Å²) in [4.78, 5) is 20.1. The van der Waals surface area contributed by atoms with Gasteiger partial charge in [-0.25, -0.2) is 18.7 Å². The van der Waals surface area contributed by atoms with E-state index in [1.54, 1.807) is 23.0 Å². The van der Waals surface area contributed by atoms with Gasteiger partial charge in [0.2, 0.25) is 0 Å². The Morgan fingerprint density at radius 1 is 1.39 bits per heavy atom. The third-order valence-electron chi connectivity index (χ3n) is 3.09. The molecule has 8 heteroatoms. The van der Waals surface area contributed by atoms with Crippen LogP contribution in [0.25, 0.3) is 5.78 Å². The number of fused-ring (bicyclic) bond motifs is 1. The molecule has 0 saturated carbocycles. The number of aryl methyl sites for hydroxylation is 1. The lowest BCUT2D eigenvalue weighted by atomic mass is 10.2. The van der Waals surface area contributed by atoms with Crippen molar-refractivity contribution in [2.24, 2.45) is 0 Å². The van der Waals surface area contributed by atoms with Crippen LogP contribution in [0.15, 0.2) is 36.7 Å². The van der Waals surface area contributed by atoms with E-state index < -0.39 is 11.8 Å². The highest BCUT2D eigenvalue weighted by Gasteiger charge is 2.13. The molecule has 23 heavy (non-hydrogen) atoms. The van der Waals surface area contributed by atoms with E-state index in [0.29, 0.717) is 24.4 Å². The third-order valence-corrected chi connectivity index (χ3v) is 3.32. The van der Waals surface area contributed by atoms with Crippen LogP contribution in [0.5, 0.6) is 0 Å². The van der Waals surface area contributed by atoms with Crippen molar-refractivity contribution < 1.29 is 13.9 Å². The van der Waals surface area contributed by atoms with E-state index in [9.17, 15) is 9.18 Å². The van der Waals surface area contributed by atoms with Crippen LogP contribution >= 0.6 is 11.6 Å². The fourth-order valence-corrected chi connectivity index (χ4v) is 2.17. The lowest BCUT2D eigenvalue weighted by Gasteiger charge is -2.05. The van der Waals surface area contributed by atoms with Gasteiger partial charge in [0.15, 0.2) is 5.82 Å². The molecule has 1 aromatic carbocycles. The molecule has 0 radical (unpaired) electrons. The summed E-state index contributed by atoms with van der Waals surface area (Å²) in [7, 11) is 0. The average Bonchev–Trinajstić information content (AvgIpc) is 2.94. The van der Waals surface area contributed by atoms with E-state index in [1.807, 2.05) is 0 Å². The summed E-state index contributed by atoms with van der Waals surface area (Å²) in [6, 6.07) is 5.57. The topological polar surface area (TPSA) is 69.4 Å². The van der Waals surface area contributed by atoms with Crippen molar-refractivity contribution in [3.63, 3.8) is 0 Å². The molecule has 0 atom stereocenters. The molecule has 2 aromatic heterocycles. The van der Waals surface area contributed by atoms with E-state index in [1.165, 1.54) is 12.1 Å². The van der Waals surface area contributed by atoms with Crippen LogP contribution in [0.4, 0.5) is 4.39 Å². The van der Waals surface area contributed by atoms with Gasteiger partial charge in [-0.15, -0.1) is 5.10 Å². The first-order chi connectivity index (χ1) is 11.1. The maximum Gasteiger partial charge on any atom is 0.341 e. The second-order valence-electron chi connectivity index (χ2n) is 4.76. The molecule has 0 aliphatic carbocycles. The Morgan fingerprint density at radius 3 is 3.04 bits per heavy atom. The van der Waals surface area contributed by atoms with E-state index in [-0.39, 0.29) is 17.2 Å². The smallest absolute Gasteiger partial charge is 0.341 e. The highest BCUT2D eigenvalue weighted by atomic mass is 35.5. The molecule has 2 heterocycles. The molecule has 6 nitrogen and oxygen atoms in total. The molecule has 0 fully saturated rings. The van der Waals surface area contributed by atoms with E-state index >= 15 is 0 Å². The number of esters is 1. The normalized spacial score (nSPS) is 10.9. The van der Waals surface area contributed by atoms with Gasteiger partial charge in [0.25, 0.3) is 5.78 Å². The van der Waals surface area contributed by atoms with Crippen molar-refractivity contribution in [2.75, 3.05) is 6.61 Å². The van der Waals surface area contributed by atoms with Gasteiger partial charge in [-0.1, -0.05) is 11.6 Å². The molecule has 3 aromatic rings. The number of carbonyl (C=O) groups is 1. The van der Waals surface area contributed by atoms with Gasteiger partial charge in [0.1, 0.15) is 5.82 Å². The first-order valence-electron chi connectivity index (χ1n) is 6.92.